The smallest absolute Gasteiger partial charge is 0.193 e. The van der Waals surface area contributed by atoms with E-state index in [2.05, 4.69) is 26.1 Å². The molecule has 1 N–H and O–H groups in total. The molecule has 1 aromatic rings. The maximum atomic E-state index is 5.67. The maximum Gasteiger partial charge on any atom is 0.193 e. The van der Waals surface area contributed by atoms with E-state index < -0.39 is 0 Å². The molecule has 0 aromatic carbocycles. The quantitative estimate of drug-likeness (QED) is 0.776. The first-order valence-electron chi connectivity index (χ1n) is 5.42. The Morgan fingerprint density at radius 2 is 2.07 bits per heavy atom. The van der Waals surface area contributed by atoms with Gasteiger partial charge in [-0.25, -0.2) is 0 Å². The molecule has 0 bridgehead atoms. The second kappa shape index (κ2) is 5.57. The van der Waals surface area contributed by atoms with Gasteiger partial charge in [0.2, 0.25) is 0 Å². The zero-order valence-electron chi connectivity index (χ0n) is 9.77. The fourth-order valence-corrected chi connectivity index (χ4v) is 1.56. The fourth-order valence-electron chi connectivity index (χ4n) is 1.40. The van der Waals surface area contributed by atoms with Crippen LogP contribution in [-0.2, 0) is 6.54 Å². The third-order valence-corrected chi connectivity index (χ3v) is 2.41. The van der Waals surface area contributed by atoms with Crippen molar-refractivity contribution in [3.8, 4) is 0 Å². The number of hydrogen-bond acceptors (Lipinski definition) is 2. The zero-order valence-corrected chi connectivity index (χ0v) is 10.5. The molecular formula is C12H20ClNO. The van der Waals surface area contributed by atoms with E-state index in [-0.39, 0.29) is 0 Å². The summed E-state index contributed by atoms with van der Waals surface area (Å²) in [6.07, 6.45) is 2.43. The largest absolute Gasteiger partial charge is 0.448 e. The Morgan fingerprint density at radius 1 is 1.33 bits per heavy atom. The topological polar surface area (TPSA) is 25.2 Å². The summed E-state index contributed by atoms with van der Waals surface area (Å²) in [5.74, 6) is 0.899. The Hall–Kier alpha value is -0.470. The monoisotopic (exact) mass is 229 g/mol. The maximum absolute atomic E-state index is 5.67. The van der Waals surface area contributed by atoms with E-state index in [1.165, 1.54) is 12.8 Å². The van der Waals surface area contributed by atoms with Crippen LogP contribution in [0.5, 0.6) is 0 Å². The van der Waals surface area contributed by atoms with Crippen molar-refractivity contribution in [2.45, 2.75) is 40.2 Å². The van der Waals surface area contributed by atoms with Gasteiger partial charge in [0.1, 0.15) is 5.76 Å². The second-order valence-corrected chi connectivity index (χ2v) is 5.42. The lowest BCUT2D eigenvalue weighted by atomic mass is 9.91. The van der Waals surface area contributed by atoms with Crippen molar-refractivity contribution in [2.24, 2.45) is 5.41 Å². The standard InChI is InChI=1S/C12H20ClNO/c1-12(2,3)7-4-8-14-9-10-5-6-11(13)15-10/h5-6,14H,4,7-9H2,1-3H3. The van der Waals surface area contributed by atoms with Gasteiger partial charge in [-0.2, -0.15) is 0 Å². The molecule has 0 aliphatic rings. The van der Waals surface area contributed by atoms with Gasteiger partial charge in [-0.3, -0.25) is 0 Å². The molecule has 1 heterocycles. The van der Waals surface area contributed by atoms with Gasteiger partial charge in [0.15, 0.2) is 5.22 Å². The molecule has 0 saturated heterocycles. The molecule has 0 aliphatic heterocycles. The van der Waals surface area contributed by atoms with Crippen LogP contribution in [0, 0.1) is 5.41 Å². The summed E-state index contributed by atoms with van der Waals surface area (Å²) >= 11 is 5.67. The average molecular weight is 230 g/mol. The summed E-state index contributed by atoms with van der Waals surface area (Å²) in [6.45, 7) is 8.57. The molecule has 0 fully saturated rings. The van der Waals surface area contributed by atoms with Gasteiger partial charge in [-0.1, -0.05) is 20.8 Å². The van der Waals surface area contributed by atoms with E-state index in [0.29, 0.717) is 10.6 Å². The van der Waals surface area contributed by atoms with Gasteiger partial charge >= 0.3 is 0 Å². The third-order valence-electron chi connectivity index (χ3n) is 2.21. The van der Waals surface area contributed by atoms with E-state index in [1.807, 2.05) is 6.07 Å². The molecule has 1 aromatic heterocycles. The highest BCUT2D eigenvalue weighted by Crippen LogP contribution is 2.19. The summed E-state index contributed by atoms with van der Waals surface area (Å²) < 4.78 is 5.23. The first-order valence-corrected chi connectivity index (χ1v) is 5.80. The third kappa shape index (κ3) is 5.85. The molecule has 0 atom stereocenters. The predicted octanol–water partition coefficient (Wildman–Crippen LogP) is 3.85. The molecule has 0 aliphatic carbocycles. The van der Waals surface area contributed by atoms with Crippen molar-refractivity contribution in [3.05, 3.63) is 23.1 Å². The number of nitrogens with one attached hydrogen (secondary N) is 1. The number of furan rings is 1. The van der Waals surface area contributed by atoms with Crippen LogP contribution in [0.2, 0.25) is 5.22 Å². The zero-order chi connectivity index (χ0) is 11.3. The minimum Gasteiger partial charge on any atom is -0.448 e. The first-order chi connectivity index (χ1) is 6.97. The van der Waals surface area contributed by atoms with Gasteiger partial charge in [-0.05, 0) is 48.5 Å². The van der Waals surface area contributed by atoms with E-state index in [4.69, 9.17) is 16.0 Å². The Labute approximate surface area is 97.0 Å². The SMILES string of the molecule is CC(C)(C)CCCNCc1ccc(Cl)o1. The molecule has 0 saturated carbocycles. The molecule has 15 heavy (non-hydrogen) atoms. The highest BCUT2D eigenvalue weighted by Gasteiger charge is 2.08. The predicted molar refractivity (Wildman–Crippen MR) is 64.1 cm³/mol. The molecule has 86 valence electrons. The van der Waals surface area contributed by atoms with Crippen LogP contribution in [0.1, 0.15) is 39.4 Å². The van der Waals surface area contributed by atoms with Gasteiger partial charge in [0, 0.05) is 0 Å². The Balaban J connectivity index is 2.07. The number of halogens is 1. The normalized spacial score (nSPS) is 12.0. The summed E-state index contributed by atoms with van der Waals surface area (Å²) in [7, 11) is 0. The minimum atomic E-state index is 0.426. The van der Waals surface area contributed by atoms with E-state index >= 15 is 0 Å². The van der Waals surface area contributed by atoms with Crippen LogP contribution < -0.4 is 5.32 Å². The van der Waals surface area contributed by atoms with Crippen LogP contribution >= 0.6 is 11.6 Å². The van der Waals surface area contributed by atoms with Crippen molar-refractivity contribution in [1.29, 1.82) is 0 Å². The lowest BCUT2D eigenvalue weighted by Gasteiger charge is -2.17. The molecule has 3 heteroatoms. The molecule has 0 spiro atoms. The molecular weight excluding hydrogens is 210 g/mol. The first kappa shape index (κ1) is 12.6. The van der Waals surface area contributed by atoms with Crippen molar-refractivity contribution in [2.75, 3.05) is 6.54 Å². The Kier molecular flexibility index (Phi) is 4.68. The van der Waals surface area contributed by atoms with E-state index in [0.717, 1.165) is 18.8 Å². The van der Waals surface area contributed by atoms with Crippen molar-refractivity contribution < 1.29 is 4.42 Å². The molecule has 0 amide bonds. The summed E-state index contributed by atoms with van der Waals surface area (Å²) in [4.78, 5) is 0. The van der Waals surface area contributed by atoms with Crippen molar-refractivity contribution >= 4 is 11.6 Å². The van der Waals surface area contributed by atoms with Gasteiger partial charge < -0.3 is 9.73 Å². The van der Waals surface area contributed by atoms with E-state index in [9.17, 15) is 0 Å². The second-order valence-electron chi connectivity index (χ2n) is 5.05. The summed E-state index contributed by atoms with van der Waals surface area (Å²) in [6, 6.07) is 3.67. The lowest BCUT2D eigenvalue weighted by Crippen LogP contribution is -2.16. The highest BCUT2D eigenvalue weighted by molar-refractivity contribution is 6.28. The number of hydrogen-bond donors (Lipinski definition) is 1. The van der Waals surface area contributed by atoms with Crippen LogP contribution in [0.3, 0.4) is 0 Å². The average Bonchev–Trinajstić information content (AvgIpc) is 2.49. The Bertz CT molecular complexity index is 288. The van der Waals surface area contributed by atoms with Gasteiger partial charge in [0.05, 0.1) is 6.54 Å². The molecule has 0 unspecified atom stereocenters. The Morgan fingerprint density at radius 3 is 2.60 bits per heavy atom. The lowest BCUT2D eigenvalue weighted by molar-refractivity contribution is 0.359. The molecule has 0 radical (unpaired) electrons. The van der Waals surface area contributed by atoms with Crippen molar-refractivity contribution in [1.82, 2.24) is 5.32 Å². The van der Waals surface area contributed by atoms with E-state index in [1.54, 1.807) is 6.07 Å². The molecule has 2 nitrogen and oxygen atoms in total. The summed E-state index contributed by atoms with van der Waals surface area (Å²) in [5.41, 5.74) is 0.426. The summed E-state index contributed by atoms with van der Waals surface area (Å²) in [5, 5.41) is 3.79. The van der Waals surface area contributed by atoms with Crippen LogP contribution in [-0.4, -0.2) is 6.54 Å². The minimum absolute atomic E-state index is 0.426. The highest BCUT2D eigenvalue weighted by atomic mass is 35.5. The van der Waals surface area contributed by atoms with Gasteiger partial charge in [-0.15, -0.1) is 0 Å². The number of rotatable bonds is 5. The van der Waals surface area contributed by atoms with Gasteiger partial charge in [0.25, 0.3) is 0 Å². The van der Waals surface area contributed by atoms with Crippen LogP contribution in [0.4, 0.5) is 0 Å². The van der Waals surface area contributed by atoms with Crippen molar-refractivity contribution in [3.63, 3.8) is 0 Å². The fraction of sp³-hybridized carbons (Fsp3) is 0.667. The molecule has 1 rings (SSSR count). The van der Waals surface area contributed by atoms with Crippen LogP contribution in [0.15, 0.2) is 16.5 Å². The van der Waals surface area contributed by atoms with Crippen LogP contribution in [0.25, 0.3) is 0 Å².